The number of nitrogens with one attached hydrogen (secondary N) is 1. The van der Waals surface area contributed by atoms with Crippen LogP contribution in [0.3, 0.4) is 0 Å². The first-order chi connectivity index (χ1) is 9.50. The molecule has 1 aromatic carbocycles. The second kappa shape index (κ2) is 6.34. The van der Waals surface area contributed by atoms with E-state index in [2.05, 4.69) is 4.72 Å². The first-order valence-electron chi connectivity index (χ1n) is 6.53. The van der Waals surface area contributed by atoms with Crippen LogP contribution in [0.2, 0.25) is 0 Å². The quantitative estimate of drug-likeness (QED) is 0.812. The van der Waals surface area contributed by atoms with E-state index in [-0.39, 0.29) is 6.54 Å². The Morgan fingerprint density at radius 2 is 1.85 bits per heavy atom. The molecule has 110 valence electrons. The molecule has 1 aliphatic rings. The first kappa shape index (κ1) is 15.0. The van der Waals surface area contributed by atoms with Gasteiger partial charge in [0.1, 0.15) is 0 Å². The third-order valence-electron chi connectivity index (χ3n) is 3.37. The lowest BCUT2D eigenvalue weighted by Crippen LogP contribution is -2.41. The predicted molar refractivity (Wildman–Crippen MR) is 74.5 cm³/mol. The molecule has 1 aromatic rings. The minimum absolute atomic E-state index is 0.141. The number of hydrogen-bond acceptors (Lipinski definition) is 3. The zero-order valence-corrected chi connectivity index (χ0v) is 11.8. The van der Waals surface area contributed by atoms with Gasteiger partial charge >= 0.3 is 5.97 Å². The summed E-state index contributed by atoms with van der Waals surface area (Å²) in [6.07, 6.45) is 1.70. The van der Waals surface area contributed by atoms with Crippen LogP contribution in [0.25, 0.3) is 0 Å². The van der Waals surface area contributed by atoms with E-state index in [9.17, 15) is 18.3 Å². The number of nitrogens with zero attached hydrogens (tertiary/aromatic N) is 1. The van der Waals surface area contributed by atoms with Gasteiger partial charge in [0, 0.05) is 19.6 Å². The van der Waals surface area contributed by atoms with Crippen molar-refractivity contribution in [3.8, 4) is 0 Å². The van der Waals surface area contributed by atoms with Crippen molar-refractivity contribution >= 4 is 16.2 Å². The molecule has 0 radical (unpaired) electrons. The summed E-state index contributed by atoms with van der Waals surface area (Å²) in [5.41, 5.74) is 0.587. The summed E-state index contributed by atoms with van der Waals surface area (Å²) in [5.74, 6) is -1.92. The fourth-order valence-corrected chi connectivity index (χ4v) is 3.54. The fraction of sp³-hybridized carbons (Fsp3) is 0.462. The van der Waals surface area contributed by atoms with E-state index >= 15 is 0 Å². The van der Waals surface area contributed by atoms with Gasteiger partial charge in [-0.3, -0.25) is 4.79 Å². The molecular formula is C13H18N2O4S. The van der Waals surface area contributed by atoms with Crippen LogP contribution < -0.4 is 4.72 Å². The van der Waals surface area contributed by atoms with Gasteiger partial charge in [-0.05, 0) is 18.4 Å². The van der Waals surface area contributed by atoms with Crippen molar-refractivity contribution in [2.45, 2.75) is 18.8 Å². The molecule has 0 amide bonds. The van der Waals surface area contributed by atoms with Crippen molar-refractivity contribution in [1.82, 2.24) is 9.03 Å². The summed E-state index contributed by atoms with van der Waals surface area (Å²) in [5, 5.41) is 9.24. The molecule has 1 atom stereocenters. The lowest BCUT2D eigenvalue weighted by Gasteiger charge is -2.18. The van der Waals surface area contributed by atoms with Crippen LogP contribution in [-0.4, -0.2) is 43.4 Å². The summed E-state index contributed by atoms with van der Waals surface area (Å²) in [6, 6.07) is 8.63. The Labute approximate surface area is 118 Å². The molecule has 0 bridgehead atoms. The van der Waals surface area contributed by atoms with E-state index in [1.807, 2.05) is 0 Å². The molecule has 0 saturated carbocycles. The standard InChI is InChI=1S/C13H18N2O4S/c16-13(17)12(11-6-2-1-3-7-11)10-14-20(18,19)15-8-4-5-9-15/h1-3,6-7,12,14H,4-5,8-10H2,(H,16,17). The van der Waals surface area contributed by atoms with Crippen molar-refractivity contribution in [2.24, 2.45) is 0 Å². The number of rotatable bonds is 6. The minimum Gasteiger partial charge on any atom is -0.481 e. The molecule has 0 aromatic heterocycles. The molecule has 2 N–H and O–H groups in total. The van der Waals surface area contributed by atoms with Gasteiger partial charge in [0.15, 0.2) is 0 Å². The minimum atomic E-state index is -3.58. The predicted octanol–water partition coefficient (Wildman–Crippen LogP) is 0.785. The highest BCUT2D eigenvalue weighted by Crippen LogP contribution is 2.16. The maximum absolute atomic E-state index is 12.0. The topological polar surface area (TPSA) is 86.7 Å². The summed E-state index contributed by atoms with van der Waals surface area (Å²) < 4.78 is 27.8. The molecule has 0 spiro atoms. The maximum Gasteiger partial charge on any atom is 0.312 e. The molecule has 1 fully saturated rings. The molecule has 20 heavy (non-hydrogen) atoms. The van der Waals surface area contributed by atoms with Gasteiger partial charge in [-0.25, -0.2) is 4.72 Å². The molecule has 7 heteroatoms. The largest absolute Gasteiger partial charge is 0.481 e. The molecule has 1 aliphatic heterocycles. The first-order valence-corrected chi connectivity index (χ1v) is 7.97. The third-order valence-corrected chi connectivity index (χ3v) is 4.95. The van der Waals surface area contributed by atoms with Gasteiger partial charge in [0.2, 0.25) is 0 Å². The van der Waals surface area contributed by atoms with Gasteiger partial charge in [0.05, 0.1) is 5.92 Å². The molecule has 2 rings (SSSR count). The number of carboxylic acids is 1. The average molecular weight is 298 g/mol. The van der Waals surface area contributed by atoms with Gasteiger partial charge in [-0.15, -0.1) is 0 Å². The van der Waals surface area contributed by atoms with E-state index in [0.29, 0.717) is 18.7 Å². The lowest BCUT2D eigenvalue weighted by molar-refractivity contribution is -0.138. The fourth-order valence-electron chi connectivity index (χ4n) is 2.24. The molecule has 0 aliphatic carbocycles. The van der Waals surface area contributed by atoms with Crippen molar-refractivity contribution < 1.29 is 18.3 Å². The third kappa shape index (κ3) is 3.56. The number of carboxylic acid groups (broad SMARTS) is 1. The lowest BCUT2D eigenvalue weighted by atomic mass is 10.00. The molecule has 1 heterocycles. The Balaban J connectivity index is 2.05. The van der Waals surface area contributed by atoms with E-state index in [4.69, 9.17) is 0 Å². The van der Waals surface area contributed by atoms with Crippen LogP contribution in [0.1, 0.15) is 24.3 Å². The monoisotopic (exact) mass is 298 g/mol. The molecule has 6 nitrogen and oxygen atoms in total. The van der Waals surface area contributed by atoms with Crippen molar-refractivity contribution in [3.05, 3.63) is 35.9 Å². The van der Waals surface area contributed by atoms with Crippen LogP contribution in [0, 0.1) is 0 Å². The van der Waals surface area contributed by atoms with Crippen LogP contribution in [0.5, 0.6) is 0 Å². The van der Waals surface area contributed by atoms with Crippen LogP contribution in [0.4, 0.5) is 0 Å². The van der Waals surface area contributed by atoms with Gasteiger partial charge < -0.3 is 5.11 Å². The molecule has 1 saturated heterocycles. The van der Waals surface area contributed by atoms with Crippen LogP contribution in [0.15, 0.2) is 30.3 Å². The average Bonchev–Trinajstić information content (AvgIpc) is 2.94. The summed E-state index contributed by atoms with van der Waals surface area (Å²) in [6.45, 7) is 0.856. The summed E-state index contributed by atoms with van der Waals surface area (Å²) >= 11 is 0. The number of hydrogen-bond donors (Lipinski definition) is 2. The maximum atomic E-state index is 12.0. The van der Waals surface area contributed by atoms with Crippen LogP contribution in [-0.2, 0) is 15.0 Å². The Kier molecular flexibility index (Phi) is 4.74. The zero-order chi connectivity index (χ0) is 14.6. The van der Waals surface area contributed by atoms with Crippen molar-refractivity contribution in [3.63, 3.8) is 0 Å². The Morgan fingerprint density at radius 1 is 1.25 bits per heavy atom. The summed E-state index contributed by atoms with van der Waals surface area (Å²) in [4.78, 5) is 11.3. The van der Waals surface area contributed by atoms with Crippen LogP contribution >= 0.6 is 0 Å². The van der Waals surface area contributed by atoms with E-state index in [1.165, 1.54) is 4.31 Å². The van der Waals surface area contributed by atoms with Gasteiger partial charge in [0.25, 0.3) is 10.2 Å². The highest BCUT2D eigenvalue weighted by Gasteiger charge is 2.28. The SMILES string of the molecule is O=C(O)C(CNS(=O)(=O)N1CCCC1)c1ccccc1. The van der Waals surface area contributed by atoms with E-state index in [1.54, 1.807) is 30.3 Å². The summed E-state index contributed by atoms with van der Waals surface area (Å²) in [7, 11) is -3.58. The smallest absolute Gasteiger partial charge is 0.312 e. The second-order valence-electron chi connectivity index (χ2n) is 4.76. The number of carbonyl (C=O) groups is 1. The van der Waals surface area contributed by atoms with Gasteiger partial charge in [-0.1, -0.05) is 30.3 Å². The Bertz CT molecular complexity index is 553. The zero-order valence-electron chi connectivity index (χ0n) is 11.0. The van der Waals surface area contributed by atoms with Gasteiger partial charge in [-0.2, -0.15) is 12.7 Å². The molecular weight excluding hydrogens is 280 g/mol. The van der Waals surface area contributed by atoms with E-state index < -0.39 is 22.1 Å². The second-order valence-corrected chi connectivity index (χ2v) is 6.52. The van der Waals surface area contributed by atoms with Crippen molar-refractivity contribution in [2.75, 3.05) is 19.6 Å². The van der Waals surface area contributed by atoms with Crippen molar-refractivity contribution in [1.29, 1.82) is 0 Å². The number of aliphatic carboxylic acids is 1. The molecule has 1 unspecified atom stereocenters. The highest BCUT2D eigenvalue weighted by molar-refractivity contribution is 7.87. The number of benzene rings is 1. The highest BCUT2D eigenvalue weighted by atomic mass is 32.2. The Morgan fingerprint density at radius 3 is 2.40 bits per heavy atom. The normalized spacial score (nSPS) is 18.0. The Hall–Kier alpha value is -1.44. The van der Waals surface area contributed by atoms with E-state index in [0.717, 1.165) is 12.8 Å².